The van der Waals surface area contributed by atoms with Crippen LogP contribution >= 0.6 is 23.2 Å². The highest BCUT2D eigenvalue weighted by Gasteiger charge is 2.17. The standard InChI is InChI=1S/C15H16Cl2N2/c1-2-8-19-15(11-5-4-9-18-10-11)12-6-3-7-13(16)14(12)17/h3-7,9-10,15,19H,2,8H2,1H3. The largest absolute Gasteiger partial charge is 0.306 e. The third-order valence-electron chi connectivity index (χ3n) is 2.91. The summed E-state index contributed by atoms with van der Waals surface area (Å²) in [4.78, 5) is 4.18. The predicted molar refractivity (Wildman–Crippen MR) is 80.8 cm³/mol. The van der Waals surface area contributed by atoms with Crippen LogP contribution in [0.5, 0.6) is 0 Å². The normalized spacial score (nSPS) is 12.4. The Morgan fingerprint density at radius 2 is 2.05 bits per heavy atom. The quantitative estimate of drug-likeness (QED) is 0.880. The van der Waals surface area contributed by atoms with Crippen LogP contribution in [0, 0.1) is 0 Å². The Bertz CT molecular complexity index is 529. The van der Waals surface area contributed by atoms with Gasteiger partial charge in [-0.2, -0.15) is 0 Å². The molecule has 1 N–H and O–H groups in total. The molecule has 0 fully saturated rings. The molecule has 0 aliphatic heterocycles. The summed E-state index contributed by atoms with van der Waals surface area (Å²) in [5.41, 5.74) is 2.07. The molecule has 1 atom stereocenters. The number of aromatic nitrogens is 1. The fourth-order valence-corrected chi connectivity index (χ4v) is 2.40. The van der Waals surface area contributed by atoms with E-state index in [-0.39, 0.29) is 6.04 Å². The Morgan fingerprint density at radius 3 is 2.74 bits per heavy atom. The van der Waals surface area contributed by atoms with Gasteiger partial charge in [-0.05, 0) is 36.2 Å². The summed E-state index contributed by atoms with van der Waals surface area (Å²) in [6.07, 6.45) is 4.67. The van der Waals surface area contributed by atoms with E-state index in [2.05, 4.69) is 17.2 Å². The first-order valence-electron chi connectivity index (χ1n) is 6.31. The molecule has 0 radical (unpaired) electrons. The minimum Gasteiger partial charge on any atom is -0.306 e. The molecule has 1 aromatic carbocycles. The molecular weight excluding hydrogens is 279 g/mol. The first-order chi connectivity index (χ1) is 9.24. The van der Waals surface area contributed by atoms with Gasteiger partial charge in [-0.1, -0.05) is 48.3 Å². The van der Waals surface area contributed by atoms with Gasteiger partial charge in [-0.25, -0.2) is 0 Å². The molecule has 1 aromatic heterocycles. The van der Waals surface area contributed by atoms with Gasteiger partial charge in [0, 0.05) is 12.4 Å². The highest BCUT2D eigenvalue weighted by Crippen LogP contribution is 2.32. The highest BCUT2D eigenvalue weighted by molar-refractivity contribution is 6.42. The molecule has 0 bridgehead atoms. The monoisotopic (exact) mass is 294 g/mol. The van der Waals surface area contributed by atoms with E-state index in [0.29, 0.717) is 10.0 Å². The van der Waals surface area contributed by atoms with Crippen LogP contribution in [0.2, 0.25) is 10.0 Å². The molecule has 100 valence electrons. The molecule has 0 aliphatic carbocycles. The molecule has 0 amide bonds. The van der Waals surface area contributed by atoms with E-state index in [9.17, 15) is 0 Å². The Balaban J connectivity index is 2.40. The van der Waals surface area contributed by atoms with Crippen molar-refractivity contribution in [2.75, 3.05) is 6.54 Å². The average molecular weight is 295 g/mol. The number of nitrogens with one attached hydrogen (secondary N) is 1. The maximum absolute atomic E-state index is 6.32. The van der Waals surface area contributed by atoms with Gasteiger partial charge < -0.3 is 5.32 Å². The first kappa shape index (κ1) is 14.3. The van der Waals surface area contributed by atoms with Crippen LogP contribution < -0.4 is 5.32 Å². The molecule has 0 aliphatic rings. The molecule has 0 spiro atoms. The number of pyridine rings is 1. The second-order valence-corrected chi connectivity index (χ2v) is 5.10. The van der Waals surface area contributed by atoms with Crippen molar-refractivity contribution < 1.29 is 0 Å². The second-order valence-electron chi connectivity index (χ2n) is 4.32. The maximum atomic E-state index is 6.32. The van der Waals surface area contributed by atoms with Crippen molar-refractivity contribution in [3.05, 3.63) is 63.9 Å². The van der Waals surface area contributed by atoms with Crippen LogP contribution in [0.1, 0.15) is 30.5 Å². The number of rotatable bonds is 5. The maximum Gasteiger partial charge on any atom is 0.0643 e. The van der Waals surface area contributed by atoms with Gasteiger partial charge >= 0.3 is 0 Å². The lowest BCUT2D eigenvalue weighted by Crippen LogP contribution is -2.23. The van der Waals surface area contributed by atoms with Crippen molar-refractivity contribution in [1.82, 2.24) is 10.3 Å². The van der Waals surface area contributed by atoms with E-state index in [4.69, 9.17) is 23.2 Å². The number of benzene rings is 1. The van der Waals surface area contributed by atoms with Crippen LogP contribution in [0.25, 0.3) is 0 Å². The smallest absolute Gasteiger partial charge is 0.0643 e. The van der Waals surface area contributed by atoms with Crippen LogP contribution in [-0.2, 0) is 0 Å². The summed E-state index contributed by atoms with van der Waals surface area (Å²) in [6.45, 7) is 3.04. The minimum absolute atomic E-state index is 0.0137. The molecule has 2 nitrogen and oxygen atoms in total. The van der Waals surface area contributed by atoms with Gasteiger partial charge in [0.25, 0.3) is 0 Å². The Labute approximate surface area is 123 Å². The lowest BCUT2D eigenvalue weighted by atomic mass is 10.00. The van der Waals surface area contributed by atoms with E-state index in [1.165, 1.54) is 0 Å². The van der Waals surface area contributed by atoms with Crippen molar-refractivity contribution in [3.8, 4) is 0 Å². The molecule has 1 heterocycles. The number of nitrogens with zero attached hydrogens (tertiary/aromatic N) is 1. The van der Waals surface area contributed by atoms with Crippen molar-refractivity contribution in [2.45, 2.75) is 19.4 Å². The molecule has 19 heavy (non-hydrogen) atoms. The number of halogens is 2. The number of hydrogen-bond donors (Lipinski definition) is 1. The van der Waals surface area contributed by atoms with Crippen LogP contribution in [-0.4, -0.2) is 11.5 Å². The molecular formula is C15H16Cl2N2. The number of hydrogen-bond acceptors (Lipinski definition) is 2. The third-order valence-corrected chi connectivity index (χ3v) is 3.74. The fraction of sp³-hybridized carbons (Fsp3) is 0.267. The zero-order valence-corrected chi connectivity index (χ0v) is 12.2. The van der Waals surface area contributed by atoms with Crippen molar-refractivity contribution >= 4 is 23.2 Å². The van der Waals surface area contributed by atoms with Crippen LogP contribution in [0.15, 0.2) is 42.7 Å². The molecule has 0 saturated carbocycles. The molecule has 2 rings (SSSR count). The Kier molecular flexibility index (Phi) is 5.20. The van der Waals surface area contributed by atoms with E-state index in [1.54, 1.807) is 12.3 Å². The molecule has 1 unspecified atom stereocenters. The molecule has 0 saturated heterocycles. The summed E-state index contributed by atoms with van der Waals surface area (Å²) < 4.78 is 0. The molecule has 4 heteroatoms. The third kappa shape index (κ3) is 3.47. The summed E-state index contributed by atoms with van der Waals surface area (Å²) in [7, 11) is 0. The zero-order valence-electron chi connectivity index (χ0n) is 10.7. The minimum atomic E-state index is 0.0137. The van der Waals surface area contributed by atoms with E-state index >= 15 is 0 Å². The Morgan fingerprint density at radius 1 is 1.21 bits per heavy atom. The van der Waals surface area contributed by atoms with E-state index < -0.39 is 0 Å². The SMILES string of the molecule is CCCNC(c1cccnc1)c1cccc(Cl)c1Cl. The average Bonchev–Trinajstić information content (AvgIpc) is 2.45. The van der Waals surface area contributed by atoms with E-state index in [1.807, 2.05) is 30.5 Å². The molecule has 2 aromatic rings. The summed E-state index contributed by atoms with van der Waals surface area (Å²) in [6, 6.07) is 9.69. The van der Waals surface area contributed by atoms with Gasteiger partial charge in [-0.15, -0.1) is 0 Å². The van der Waals surface area contributed by atoms with Gasteiger partial charge in [0.05, 0.1) is 16.1 Å². The van der Waals surface area contributed by atoms with Gasteiger partial charge in [0.15, 0.2) is 0 Å². The summed E-state index contributed by atoms with van der Waals surface area (Å²) in [5, 5.41) is 4.66. The lowest BCUT2D eigenvalue weighted by molar-refractivity contribution is 0.597. The van der Waals surface area contributed by atoms with Gasteiger partial charge in [0.2, 0.25) is 0 Å². The first-order valence-corrected chi connectivity index (χ1v) is 7.07. The summed E-state index contributed by atoms with van der Waals surface area (Å²) >= 11 is 12.4. The van der Waals surface area contributed by atoms with Gasteiger partial charge in [-0.3, -0.25) is 4.98 Å². The Hall–Kier alpha value is -1.09. The lowest BCUT2D eigenvalue weighted by Gasteiger charge is -2.20. The van der Waals surface area contributed by atoms with E-state index in [0.717, 1.165) is 24.1 Å². The van der Waals surface area contributed by atoms with Crippen LogP contribution in [0.4, 0.5) is 0 Å². The summed E-state index contributed by atoms with van der Waals surface area (Å²) in [5.74, 6) is 0. The van der Waals surface area contributed by atoms with Gasteiger partial charge in [0.1, 0.15) is 0 Å². The fourth-order valence-electron chi connectivity index (χ4n) is 1.99. The topological polar surface area (TPSA) is 24.9 Å². The van der Waals surface area contributed by atoms with Crippen molar-refractivity contribution in [1.29, 1.82) is 0 Å². The second kappa shape index (κ2) is 6.90. The predicted octanol–water partition coefficient (Wildman–Crippen LogP) is 4.48. The van der Waals surface area contributed by atoms with Crippen molar-refractivity contribution in [2.24, 2.45) is 0 Å². The van der Waals surface area contributed by atoms with Crippen LogP contribution in [0.3, 0.4) is 0 Å². The van der Waals surface area contributed by atoms with Crippen molar-refractivity contribution in [3.63, 3.8) is 0 Å². The zero-order chi connectivity index (χ0) is 13.7. The highest BCUT2D eigenvalue weighted by atomic mass is 35.5.